The lowest BCUT2D eigenvalue weighted by atomic mass is 10.0. The first kappa shape index (κ1) is 16.8. The van der Waals surface area contributed by atoms with Gasteiger partial charge in [0.25, 0.3) is 5.91 Å². The number of nitrogens with zero attached hydrogens (tertiary/aromatic N) is 1. The maximum atomic E-state index is 13.5. The average molecular weight is 444 g/mol. The summed E-state index contributed by atoms with van der Waals surface area (Å²) in [4.78, 5) is 18.1. The Kier molecular flexibility index (Phi) is 5.63. The number of amides is 1. The molecule has 0 saturated heterocycles. The van der Waals surface area contributed by atoms with Gasteiger partial charge in [-0.3, -0.25) is 4.79 Å². The molecule has 2 aromatic rings. The van der Waals surface area contributed by atoms with Crippen molar-refractivity contribution < 1.29 is 9.18 Å². The third kappa shape index (κ3) is 4.29. The minimum Gasteiger partial charge on any atom is -0.352 e. The van der Waals surface area contributed by atoms with Crippen LogP contribution in [0.2, 0.25) is 0 Å². The monoisotopic (exact) mass is 444 g/mol. The SMILES string of the molecule is O=C(NCCCc1nc2c(s1)CCCC2)c1ccc(I)c(F)c1. The van der Waals surface area contributed by atoms with Crippen LogP contribution in [0.25, 0.3) is 0 Å². The van der Waals surface area contributed by atoms with Crippen LogP contribution in [0.15, 0.2) is 18.2 Å². The number of aryl methyl sites for hydroxylation is 3. The summed E-state index contributed by atoms with van der Waals surface area (Å²) in [5.41, 5.74) is 1.65. The molecule has 1 aliphatic carbocycles. The van der Waals surface area contributed by atoms with E-state index in [-0.39, 0.29) is 11.7 Å². The van der Waals surface area contributed by atoms with Crippen molar-refractivity contribution in [1.29, 1.82) is 0 Å². The molecule has 23 heavy (non-hydrogen) atoms. The van der Waals surface area contributed by atoms with Crippen molar-refractivity contribution >= 4 is 39.8 Å². The molecule has 0 fully saturated rings. The minimum absolute atomic E-state index is 0.223. The van der Waals surface area contributed by atoms with E-state index in [0.717, 1.165) is 19.3 Å². The lowest BCUT2D eigenvalue weighted by molar-refractivity contribution is 0.0952. The molecule has 0 unspecified atom stereocenters. The molecule has 0 spiro atoms. The summed E-state index contributed by atoms with van der Waals surface area (Å²) in [6.45, 7) is 0.580. The first-order valence-corrected chi connectivity index (χ1v) is 9.74. The number of carbonyl (C=O) groups is 1. The van der Waals surface area contributed by atoms with E-state index in [1.165, 1.54) is 40.9 Å². The van der Waals surface area contributed by atoms with Crippen molar-refractivity contribution in [3.8, 4) is 0 Å². The molecule has 0 aliphatic heterocycles. The number of thiazole rings is 1. The van der Waals surface area contributed by atoms with Crippen molar-refractivity contribution in [3.05, 3.63) is 48.7 Å². The molecule has 0 bridgehead atoms. The Labute approximate surface area is 152 Å². The minimum atomic E-state index is -0.355. The third-order valence-corrected chi connectivity index (χ3v) is 6.02. The van der Waals surface area contributed by atoms with Gasteiger partial charge in [0.15, 0.2) is 0 Å². The number of carbonyl (C=O) groups excluding carboxylic acids is 1. The number of halogens is 2. The Bertz CT molecular complexity index is 693. The second-order valence-electron chi connectivity index (χ2n) is 5.67. The van der Waals surface area contributed by atoms with Gasteiger partial charge in [0.1, 0.15) is 5.82 Å². The zero-order chi connectivity index (χ0) is 16.2. The van der Waals surface area contributed by atoms with E-state index in [9.17, 15) is 9.18 Å². The van der Waals surface area contributed by atoms with Crippen LogP contribution in [-0.2, 0) is 19.3 Å². The maximum absolute atomic E-state index is 13.5. The quantitative estimate of drug-likeness (QED) is 0.557. The average Bonchev–Trinajstić information content (AvgIpc) is 2.96. The molecule has 3 nitrogen and oxygen atoms in total. The van der Waals surface area contributed by atoms with Gasteiger partial charge >= 0.3 is 0 Å². The lowest BCUT2D eigenvalue weighted by Crippen LogP contribution is -2.24. The van der Waals surface area contributed by atoms with E-state index in [4.69, 9.17) is 4.98 Å². The van der Waals surface area contributed by atoms with Crippen molar-refractivity contribution in [3.63, 3.8) is 0 Å². The van der Waals surface area contributed by atoms with Gasteiger partial charge < -0.3 is 5.32 Å². The van der Waals surface area contributed by atoms with Gasteiger partial charge in [-0.2, -0.15) is 0 Å². The summed E-state index contributed by atoms with van der Waals surface area (Å²) < 4.78 is 14.0. The summed E-state index contributed by atoms with van der Waals surface area (Å²) in [5, 5.41) is 4.02. The second kappa shape index (κ2) is 7.70. The highest BCUT2D eigenvalue weighted by atomic mass is 127. The fraction of sp³-hybridized carbons (Fsp3) is 0.412. The van der Waals surface area contributed by atoms with Crippen molar-refractivity contribution in [1.82, 2.24) is 10.3 Å². The van der Waals surface area contributed by atoms with E-state index < -0.39 is 0 Å². The van der Waals surface area contributed by atoms with Crippen molar-refractivity contribution in [2.75, 3.05) is 6.54 Å². The molecule has 122 valence electrons. The van der Waals surface area contributed by atoms with Crippen LogP contribution in [-0.4, -0.2) is 17.4 Å². The van der Waals surface area contributed by atoms with Gasteiger partial charge in [-0.15, -0.1) is 11.3 Å². The van der Waals surface area contributed by atoms with E-state index in [1.807, 2.05) is 33.9 Å². The second-order valence-corrected chi connectivity index (χ2v) is 8.00. The smallest absolute Gasteiger partial charge is 0.251 e. The maximum Gasteiger partial charge on any atom is 0.251 e. The Balaban J connectivity index is 1.46. The lowest BCUT2D eigenvalue weighted by Gasteiger charge is -2.06. The Morgan fingerprint density at radius 3 is 2.96 bits per heavy atom. The van der Waals surface area contributed by atoms with Crippen LogP contribution in [0.4, 0.5) is 4.39 Å². The highest BCUT2D eigenvalue weighted by molar-refractivity contribution is 14.1. The third-order valence-electron chi connectivity index (χ3n) is 3.92. The van der Waals surface area contributed by atoms with Gasteiger partial charge in [-0.25, -0.2) is 9.37 Å². The summed E-state index contributed by atoms with van der Waals surface area (Å²) in [7, 11) is 0. The molecule has 1 aromatic heterocycles. The van der Waals surface area contributed by atoms with E-state index in [2.05, 4.69) is 5.32 Å². The summed E-state index contributed by atoms with van der Waals surface area (Å²) in [6.07, 6.45) is 6.54. The molecule has 0 radical (unpaired) electrons. The predicted octanol–water partition coefficient (Wildman–Crippen LogP) is 4.13. The number of nitrogens with one attached hydrogen (secondary N) is 1. The normalized spacial score (nSPS) is 13.7. The topological polar surface area (TPSA) is 42.0 Å². The molecule has 6 heteroatoms. The molecule has 1 heterocycles. The van der Waals surface area contributed by atoms with Crippen LogP contribution in [0, 0.1) is 9.39 Å². The van der Waals surface area contributed by atoms with Gasteiger partial charge in [0.2, 0.25) is 0 Å². The van der Waals surface area contributed by atoms with E-state index in [0.29, 0.717) is 15.7 Å². The highest BCUT2D eigenvalue weighted by Gasteiger charge is 2.15. The number of benzene rings is 1. The number of aromatic nitrogens is 1. The van der Waals surface area contributed by atoms with Gasteiger partial charge in [0.05, 0.1) is 10.7 Å². The zero-order valence-corrected chi connectivity index (χ0v) is 15.7. The molecule has 1 N–H and O–H groups in total. The first-order chi connectivity index (χ1) is 11.1. The molecule has 1 aliphatic rings. The number of fused-ring (bicyclic) bond motifs is 1. The number of rotatable bonds is 5. The number of hydrogen-bond donors (Lipinski definition) is 1. The Morgan fingerprint density at radius 1 is 1.35 bits per heavy atom. The Morgan fingerprint density at radius 2 is 2.17 bits per heavy atom. The van der Waals surface area contributed by atoms with Crippen molar-refractivity contribution in [2.45, 2.75) is 38.5 Å². The van der Waals surface area contributed by atoms with Crippen LogP contribution < -0.4 is 5.32 Å². The van der Waals surface area contributed by atoms with Gasteiger partial charge in [-0.1, -0.05) is 0 Å². The fourth-order valence-electron chi connectivity index (χ4n) is 2.69. The zero-order valence-electron chi connectivity index (χ0n) is 12.7. The predicted molar refractivity (Wildman–Crippen MR) is 98.5 cm³/mol. The van der Waals surface area contributed by atoms with E-state index >= 15 is 0 Å². The molecule has 1 amide bonds. The van der Waals surface area contributed by atoms with E-state index in [1.54, 1.807) is 12.1 Å². The molecular weight excluding hydrogens is 426 g/mol. The number of hydrogen-bond acceptors (Lipinski definition) is 3. The highest BCUT2D eigenvalue weighted by Crippen LogP contribution is 2.27. The Hall–Kier alpha value is -1.02. The molecule has 3 rings (SSSR count). The van der Waals surface area contributed by atoms with Gasteiger partial charge in [0, 0.05) is 27.0 Å². The summed E-state index contributed by atoms with van der Waals surface area (Å²) >= 11 is 3.73. The summed E-state index contributed by atoms with van der Waals surface area (Å²) in [5.74, 6) is -0.578. The van der Waals surface area contributed by atoms with Crippen LogP contribution in [0.3, 0.4) is 0 Å². The fourth-order valence-corrected chi connectivity index (χ4v) is 4.23. The molecular formula is C17H18FIN2OS. The molecule has 0 saturated carbocycles. The first-order valence-electron chi connectivity index (χ1n) is 7.84. The van der Waals surface area contributed by atoms with Crippen LogP contribution in [0.1, 0.15) is 45.2 Å². The van der Waals surface area contributed by atoms with Crippen LogP contribution >= 0.6 is 33.9 Å². The van der Waals surface area contributed by atoms with Gasteiger partial charge in [-0.05, 0) is 72.9 Å². The summed E-state index contributed by atoms with van der Waals surface area (Å²) in [6, 6.07) is 4.55. The van der Waals surface area contributed by atoms with Crippen LogP contribution in [0.5, 0.6) is 0 Å². The standard InChI is InChI=1S/C17H18FIN2OS/c18-12-10-11(7-8-13(12)19)17(22)20-9-3-6-16-21-14-4-1-2-5-15(14)23-16/h7-8,10H,1-6,9H2,(H,20,22). The molecule has 1 aromatic carbocycles. The van der Waals surface area contributed by atoms with Crippen molar-refractivity contribution in [2.24, 2.45) is 0 Å². The molecule has 0 atom stereocenters. The largest absolute Gasteiger partial charge is 0.352 e.